The van der Waals surface area contributed by atoms with Crippen LogP contribution in [0.2, 0.25) is 0 Å². The predicted molar refractivity (Wildman–Crippen MR) is 63.5 cm³/mol. The van der Waals surface area contributed by atoms with Gasteiger partial charge in [-0.1, -0.05) is 6.07 Å². The van der Waals surface area contributed by atoms with Crippen molar-refractivity contribution in [2.75, 3.05) is 12.8 Å². The van der Waals surface area contributed by atoms with Crippen molar-refractivity contribution >= 4 is 16.5 Å². The van der Waals surface area contributed by atoms with Gasteiger partial charge < -0.3 is 10.5 Å². The molecule has 0 unspecified atom stereocenters. The molecule has 0 radical (unpaired) electrons. The van der Waals surface area contributed by atoms with Crippen molar-refractivity contribution in [3.8, 4) is 17.0 Å². The molecule has 1 aromatic carbocycles. The van der Waals surface area contributed by atoms with E-state index in [4.69, 9.17) is 10.5 Å². The van der Waals surface area contributed by atoms with Gasteiger partial charge in [0.15, 0.2) is 5.13 Å². The predicted octanol–water partition coefficient (Wildman–Crippen LogP) is 3.42. The Labute approximate surface area is 105 Å². The fourth-order valence-electron chi connectivity index (χ4n) is 1.50. The van der Waals surface area contributed by atoms with Crippen LogP contribution in [0.4, 0.5) is 18.3 Å². The molecule has 1 aromatic heterocycles. The van der Waals surface area contributed by atoms with Crippen LogP contribution in [0.3, 0.4) is 0 Å². The van der Waals surface area contributed by atoms with E-state index in [0.29, 0.717) is 16.4 Å². The van der Waals surface area contributed by atoms with E-state index in [2.05, 4.69) is 4.98 Å². The number of nitrogens with zero attached hydrogens (tertiary/aromatic N) is 1. The minimum absolute atomic E-state index is 0.230. The molecule has 18 heavy (non-hydrogen) atoms. The van der Waals surface area contributed by atoms with Crippen molar-refractivity contribution in [3.05, 3.63) is 29.1 Å². The van der Waals surface area contributed by atoms with Crippen molar-refractivity contribution in [1.82, 2.24) is 4.98 Å². The zero-order valence-electron chi connectivity index (χ0n) is 9.28. The van der Waals surface area contributed by atoms with Gasteiger partial charge in [-0.15, -0.1) is 11.3 Å². The largest absolute Gasteiger partial charge is 0.496 e. The third-order valence-electron chi connectivity index (χ3n) is 2.32. The minimum atomic E-state index is -4.44. The second-order valence-corrected chi connectivity index (χ2v) is 4.37. The van der Waals surface area contributed by atoms with Gasteiger partial charge in [-0.3, -0.25) is 0 Å². The van der Waals surface area contributed by atoms with E-state index in [1.807, 2.05) is 0 Å². The highest BCUT2D eigenvalue weighted by Gasteiger charge is 2.34. The Morgan fingerprint density at radius 2 is 2.06 bits per heavy atom. The second kappa shape index (κ2) is 4.49. The molecule has 2 rings (SSSR count). The number of ether oxygens (including phenoxy) is 1. The number of nitrogens with two attached hydrogens (primary N) is 1. The maximum absolute atomic E-state index is 12.7. The summed E-state index contributed by atoms with van der Waals surface area (Å²) >= 11 is 1.23. The Bertz CT molecular complexity index is 566. The molecule has 0 spiro atoms. The van der Waals surface area contributed by atoms with Crippen LogP contribution in [-0.4, -0.2) is 12.1 Å². The molecule has 0 aliphatic heterocycles. The number of nitrogen functional groups attached to an aromatic ring is 1. The third-order valence-corrected chi connectivity index (χ3v) is 3.00. The quantitative estimate of drug-likeness (QED) is 0.912. The molecule has 1 heterocycles. The van der Waals surface area contributed by atoms with Crippen molar-refractivity contribution in [1.29, 1.82) is 0 Å². The Hall–Kier alpha value is -1.76. The Morgan fingerprint density at radius 3 is 2.56 bits per heavy atom. The molecular weight excluding hydrogens is 265 g/mol. The molecule has 0 aliphatic rings. The summed E-state index contributed by atoms with van der Waals surface area (Å²) in [5.41, 5.74) is 5.74. The number of thiazole rings is 1. The van der Waals surface area contributed by atoms with Gasteiger partial charge in [0.2, 0.25) is 0 Å². The van der Waals surface area contributed by atoms with Gasteiger partial charge in [-0.2, -0.15) is 13.2 Å². The van der Waals surface area contributed by atoms with Gasteiger partial charge >= 0.3 is 6.18 Å². The number of hydrogen-bond acceptors (Lipinski definition) is 4. The van der Waals surface area contributed by atoms with Crippen LogP contribution < -0.4 is 10.5 Å². The van der Waals surface area contributed by atoms with E-state index in [1.165, 1.54) is 30.6 Å². The lowest BCUT2D eigenvalue weighted by molar-refractivity contribution is -0.138. The van der Waals surface area contributed by atoms with Crippen LogP contribution in [-0.2, 0) is 6.18 Å². The van der Waals surface area contributed by atoms with Gasteiger partial charge in [0.05, 0.1) is 18.4 Å². The maximum atomic E-state index is 12.7. The van der Waals surface area contributed by atoms with Gasteiger partial charge in [0, 0.05) is 10.9 Å². The first-order valence-electron chi connectivity index (χ1n) is 4.88. The fourth-order valence-corrected chi connectivity index (χ4v) is 2.08. The number of benzene rings is 1. The van der Waals surface area contributed by atoms with Crippen LogP contribution in [0.15, 0.2) is 23.6 Å². The van der Waals surface area contributed by atoms with E-state index >= 15 is 0 Å². The van der Waals surface area contributed by atoms with Gasteiger partial charge in [0.25, 0.3) is 0 Å². The van der Waals surface area contributed by atoms with E-state index in [1.54, 1.807) is 5.38 Å². The van der Waals surface area contributed by atoms with Crippen molar-refractivity contribution in [2.45, 2.75) is 6.18 Å². The first kappa shape index (κ1) is 12.7. The average Bonchev–Trinajstić information content (AvgIpc) is 2.74. The van der Waals surface area contributed by atoms with E-state index in [0.717, 1.165) is 6.07 Å². The standard InChI is InChI=1S/C11H9F3N2OS/c1-17-9-4-6(8-5-18-10(15)16-8)2-3-7(9)11(12,13)14/h2-5H,1H3,(H2,15,16). The first-order chi connectivity index (χ1) is 8.41. The number of rotatable bonds is 2. The lowest BCUT2D eigenvalue weighted by Crippen LogP contribution is -2.07. The average molecular weight is 274 g/mol. The summed E-state index contributed by atoms with van der Waals surface area (Å²) in [6.45, 7) is 0. The van der Waals surface area contributed by atoms with Crippen LogP contribution in [0.25, 0.3) is 11.3 Å². The summed E-state index contributed by atoms with van der Waals surface area (Å²) in [7, 11) is 1.20. The third kappa shape index (κ3) is 2.40. The van der Waals surface area contributed by atoms with Crippen LogP contribution in [0, 0.1) is 0 Å². The number of alkyl halides is 3. The van der Waals surface area contributed by atoms with Gasteiger partial charge in [0.1, 0.15) is 5.75 Å². The van der Waals surface area contributed by atoms with E-state index in [-0.39, 0.29) is 5.75 Å². The van der Waals surface area contributed by atoms with Crippen molar-refractivity contribution in [2.24, 2.45) is 0 Å². The zero-order valence-corrected chi connectivity index (χ0v) is 10.1. The smallest absolute Gasteiger partial charge is 0.419 e. The lowest BCUT2D eigenvalue weighted by Gasteiger charge is -2.12. The number of halogens is 3. The van der Waals surface area contributed by atoms with E-state index < -0.39 is 11.7 Å². The molecule has 0 saturated carbocycles. The highest BCUT2D eigenvalue weighted by atomic mass is 32.1. The molecule has 3 nitrogen and oxygen atoms in total. The fraction of sp³-hybridized carbons (Fsp3) is 0.182. The lowest BCUT2D eigenvalue weighted by atomic mass is 10.1. The molecule has 0 saturated heterocycles. The topological polar surface area (TPSA) is 48.1 Å². The number of anilines is 1. The highest BCUT2D eigenvalue weighted by Crippen LogP contribution is 2.38. The van der Waals surface area contributed by atoms with Crippen LogP contribution >= 0.6 is 11.3 Å². The Morgan fingerprint density at radius 1 is 1.33 bits per heavy atom. The first-order valence-corrected chi connectivity index (χ1v) is 5.76. The second-order valence-electron chi connectivity index (χ2n) is 3.48. The zero-order chi connectivity index (χ0) is 13.3. The SMILES string of the molecule is COc1cc(-c2csc(N)n2)ccc1C(F)(F)F. The maximum Gasteiger partial charge on any atom is 0.419 e. The molecule has 0 fully saturated rings. The number of methoxy groups -OCH3 is 1. The normalized spacial score (nSPS) is 11.6. The molecule has 0 aliphatic carbocycles. The summed E-state index contributed by atoms with van der Waals surface area (Å²) < 4.78 is 42.7. The highest BCUT2D eigenvalue weighted by molar-refractivity contribution is 7.13. The molecule has 0 amide bonds. The molecule has 7 heteroatoms. The molecule has 0 bridgehead atoms. The van der Waals surface area contributed by atoms with Crippen molar-refractivity contribution < 1.29 is 17.9 Å². The van der Waals surface area contributed by atoms with Crippen molar-refractivity contribution in [3.63, 3.8) is 0 Å². The monoisotopic (exact) mass is 274 g/mol. The molecule has 0 atom stereocenters. The Balaban J connectivity index is 2.48. The Kier molecular flexibility index (Phi) is 3.16. The number of aromatic nitrogens is 1. The summed E-state index contributed by atoms with van der Waals surface area (Å²) in [6, 6.07) is 3.63. The molecule has 2 aromatic rings. The summed E-state index contributed by atoms with van der Waals surface area (Å²) in [4.78, 5) is 4.01. The van der Waals surface area contributed by atoms with Crippen LogP contribution in [0.5, 0.6) is 5.75 Å². The molecule has 96 valence electrons. The summed E-state index contributed by atoms with van der Waals surface area (Å²) in [5.74, 6) is -0.230. The van der Waals surface area contributed by atoms with Crippen LogP contribution in [0.1, 0.15) is 5.56 Å². The molecule has 2 N–H and O–H groups in total. The molecular formula is C11H9F3N2OS. The summed E-state index contributed by atoms with van der Waals surface area (Å²) in [6.07, 6.45) is -4.44. The van der Waals surface area contributed by atoms with E-state index in [9.17, 15) is 13.2 Å². The summed E-state index contributed by atoms with van der Waals surface area (Å²) in [5, 5.41) is 2.04. The minimum Gasteiger partial charge on any atom is -0.496 e. The van der Waals surface area contributed by atoms with Gasteiger partial charge in [-0.25, -0.2) is 4.98 Å². The number of hydrogen-bond donors (Lipinski definition) is 1. The van der Waals surface area contributed by atoms with Gasteiger partial charge in [-0.05, 0) is 12.1 Å².